The highest BCUT2D eigenvalue weighted by Crippen LogP contribution is 2.28. The van der Waals surface area contributed by atoms with Crippen molar-refractivity contribution >= 4 is 35.5 Å². The van der Waals surface area contributed by atoms with Crippen LogP contribution >= 0.6 is 23.4 Å². The van der Waals surface area contributed by atoms with Gasteiger partial charge in [0, 0.05) is 4.90 Å². The number of rotatable bonds is 7. The van der Waals surface area contributed by atoms with Crippen LogP contribution in [0.1, 0.15) is 5.76 Å². The fourth-order valence-corrected chi connectivity index (χ4v) is 2.96. The third-order valence-corrected chi connectivity index (χ3v) is 4.38. The van der Waals surface area contributed by atoms with E-state index in [4.69, 9.17) is 20.8 Å². The monoisotopic (exact) mass is 386 g/mol. The second-order valence-corrected chi connectivity index (χ2v) is 6.57. The Hall–Kier alpha value is -2.70. The first-order valence-corrected chi connectivity index (χ1v) is 8.92. The Morgan fingerprint density at radius 2 is 1.88 bits per heavy atom. The zero-order valence-corrected chi connectivity index (χ0v) is 15.2. The molecule has 0 spiro atoms. The molecular weight excluding hydrogens is 372 g/mol. The maximum atomic E-state index is 11.7. The number of halogens is 1. The van der Waals surface area contributed by atoms with Crippen molar-refractivity contribution in [2.24, 2.45) is 5.10 Å². The largest absolute Gasteiger partial charge is 0.482 e. The molecule has 7 heteroatoms. The molecule has 2 aromatic carbocycles. The Kier molecular flexibility index (Phi) is 6.35. The van der Waals surface area contributed by atoms with Crippen molar-refractivity contribution in [1.82, 2.24) is 5.43 Å². The number of nitrogens with one attached hydrogen (secondary N) is 1. The molecule has 1 N–H and O–H groups in total. The van der Waals surface area contributed by atoms with Gasteiger partial charge >= 0.3 is 0 Å². The van der Waals surface area contributed by atoms with Crippen molar-refractivity contribution in [2.45, 2.75) is 9.99 Å². The van der Waals surface area contributed by atoms with Gasteiger partial charge < -0.3 is 9.15 Å². The summed E-state index contributed by atoms with van der Waals surface area (Å²) < 4.78 is 11.0. The zero-order chi connectivity index (χ0) is 18.2. The Balaban J connectivity index is 1.46. The van der Waals surface area contributed by atoms with Crippen molar-refractivity contribution in [3.05, 3.63) is 77.5 Å². The Labute approximate surface area is 160 Å². The quantitative estimate of drug-likeness (QED) is 0.475. The van der Waals surface area contributed by atoms with Gasteiger partial charge in [-0.1, -0.05) is 53.7 Å². The van der Waals surface area contributed by atoms with E-state index in [2.05, 4.69) is 10.5 Å². The van der Waals surface area contributed by atoms with Crippen LogP contribution in [0.15, 0.2) is 86.2 Å². The molecule has 0 bridgehead atoms. The molecule has 1 amide bonds. The maximum Gasteiger partial charge on any atom is 0.277 e. The van der Waals surface area contributed by atoms with Crippen LogP contribution in [0.25, 0.3) is 0 Å². The molecule has 0 aliphatic heterocycles. The molecule has 0 aliphatic rings. The Bertz CT molecular complexity index is 897. The normalized spacial score (nSPS) is 10.8. The van der Waals surface area contributed by atoms with Gasteiger partial charge in [0.1, 0.15) is 11.5 Å². The van der Waals surface area contributed by atoms with Gasteiger partial charge in [0.25, 0.3) is 5.91 Å². The number of amides is 1. The minimum absolute atomic E-state index is 0.186. The summed E-state index contributed by atoms with van der Waals surface area (Å²) in [6, 6.07) is 20.5. The number of furan rings is 1. The van der Waals surface area contributed by atoms with E-state index in [9.17, 15) is 4.79 Å². The van der Waals surface area contributed by atoms with Crippen LogP contribution in [-0.2, 0) is 4.79 Å². The maximum absolute atomic E-state index is 11.7. The lowest BCUT2D eigenvalue weighted by Crippen LogP contribution is -2.24. The van der Waals surface area contributed by atoms with Gasteiger partial charge in [-0.15, -0.1) is 0 Å². The summed E-state index contributed by atoms with van der Waals surface area (Å²) in [6.45, 7) is -0.186. The molecule has 0 radical (unpaired) electrons. The number of para-hydroxylation sites is 1. The van der Waals surface area contributed by atoms with E-state index in [1.165, 1.54) is 18.0 Å². The van der Waals surface area contributed by atoms with E-state index in [-0.39, 0.29) is 6.61 Å². The van der Waals surface area contributed by atoms with Crippen molar-refractivity contribution in [3.8, 4) is 5.75 Å². The van der Waals surface area contributed by atoms with Crippen LogP contribution in [0.5, 0.6) is 5.75 Å². The molecule has 3 rings (SSSR count). The second kappa shape index (κ2) is 9.12. The summed E-state index contributed by atoms with van der Waals surface area (Å²) in [6.07, 6.45) is 1.43. The summed E-state index contributed by atoms with van der Waals surface area (Å²) in [4.78, 5) is 12.8. The minimum Gasteiger partial charge on any atom is -0.482 e. The fourth-order valence-electron chi connectivity index (χ4n) is 1.97. The summed E-state index contributed by atoms with van der Waals surface area (Å²) in [7, 11) is 0. The molecule has 1 heterocycles. The van der Waals surface area contributed by atoms with Gasteiger partial charge in [-0.05, 0) is 36.4 Å². The van der Waals surface area contributed by atoms with Crippen molar-refractivity contribution < 1.29 is 13.9 Å². The van der Waals surface area contributed by atoms with E-state index in [0.29, 0.717) is 16.5 Å². The summed E-state index contributed by atoms with van der Waals surface area (Å²) in [5.41, 5.74) is 2.38. The zero-order valence-electron chi connectivity index (χ0n) is 13.6. The highest BCUT2D eigenvalue weighted by atomic mass is 35.5. The van der Waals surface area contributed by atoms with E-state index in [1.54, 1.807) is 30.3 Å². The number of benzene rings is 2. The lowest BCUT2D eigenvalue weighted by molar-refractivity contribution is -0.123. The van der Waals surface area contributed by atoms with Crippen LogP contribution in [0, 0.1) is 0 Å². The molecule has 0 fully saturated rings. The van der Waals surface area contributed by atoms with Crippen molar-refractivity contribution in [1.29, 1.82) is 0 Å². The third-order valence-electron chi connectivity index (χ3n) is 3.14. The van der Waals surface area contributed by atoms with Gasteiger partial charge in [-0.3, -0.25) is 4.79 Å². The molecular formula is C19H15ClN2O3S. The predicted octanol–water partition coefficient (Wildman–Crippen LogP) is 4.61. The van der Waals surface area contributed by atoms with Crippen LogP contribution in [0.4, 0.5) is 0 Å². The topological polar surface area (TPSA) is 63.8 Å². The molecule has 26 heavy (non-hydrogen) atoms. The summed E-state index contributed by atoms with van der Waals surface area (Å²) >= 11 is 7.46. The van der Waals surface area contributed by atoms with Gasteiger partial charge in [0.05, 0.1) is 11.2 Å². The summed E-state index contributed by atoms with van der Waals surface area (Å²) in [5.74, 6) is 0.587. The van der Waals surface area contributed by atoms with Crippen LogP contribution in [0.2, 0.25) is 5.02 Å². The molecule has 0 atom stereocenters. The number of carbonyl (C=O) groups excluding carboxylic acids is 1. The predicted molar refractivity (Wildman–Crippen MR) is 102 cm³/mol. The van der Waals surface area contributed by atoms with Crippen LogP contribution in [-0.4, -0.2) is 18.7 Å². The SMILES string of the molecule is O=C(COc1ccccc1Cl)N/N=C/c1ccc(Sc2ccccc2)o1. The first-order chi connectivity index (χ1) is 12.7. The highest BCUT2D eigenvalue weighted by molar-refractivity contribution is 7.99. The van der Waals surface area contributed by atoms with E-state index in [1.807, 2.05) is 36.4 Å². The molecule has 0 unspecified atom stereocenters. The number of carbonyl (C=O) groups is 1. The number of nitrogens with zero attached hydrogens (tertiary/aromatic N) is 1. The molecule has 5 nitrogen and oxygen atoms in total. The van der Waals surface area contributed by atoms with E-state index >= 15 is 0 Å². The summed E-state index contributed by atoms with van der Waals surface area (Å²) in [5, 5.41) is 5.04. The first kappa shape index (κ1) is 18.1. The van der Waals surface area contributed by atoms with Gasteiger partial charge in [-0.25, -0.2) is 5.43 Å². The van der Waals surface area contributed by atoms with Gasteiger partial charge in [0.2, 0.25) is 0 Å². The Morgan fingerprint density at radius 3 is 2.69 bits per heavy atom. The fraction of sp³-hybridized carbons (Fsp3) is 0.0526. The minimum atomic E-state index is -0.397. The number of ether oxygens (including phenoxy) is 1. The molecule has 0 saturated carbocycles. The lowest BCUT2D eigenvalue weighted by Gasteiger charge is -2.05. The highest BCUT2D eigenvalue weighted by Gasteiger charge is 2.05. The van der Waals surface area contributed by atoms with E-state index in [0.717, 1.165) is 9.99 Å². The molecule has 3 aromatic rings. The smallest absolute Gasteiger partial charge is 0.277 e. The standard InChI is InChI=1S/C19H15ClN2O3S/c20-16-8-4-5-9-17(16)24-13-18(23)22-21-12-14-10-11-19(25-14)26-15-6-2-1-3-7-15/h1-12H,13H2,(H,22,23)/b21-12+. The Morgan fingerprint density at radius 1 is 1.12 bits per heavy atom. The number of hydrazone groups is 1. The van der Waals surface area contributed by atoms with E-state index < -0.39 is 5.91 Å². The number of hydrogen-bond donors (Lipinski definition) is 1. The van der Waals surface area contributed by atoms with Gasteiger partial charge in [-0.2, -0.15) is 5.10 Å². The molecule has 1 aromatic heterocycles. The number of hydrogen-bond acceptors (Lipinski definition) is 5. The van der Waals surface area contributed by atoms with Crippen LogP contribution < -0.4 is 10.2 Å². The second-order valence-electron chi connectivity index (χ2n) is 5.08. The first-order valence-electron chi connectivity index (χ1n) is 7.73. The van der Waals surface area contributed by atoms with Gasteiger partial charge in [0.15, 0.2) is 11.7 Å². The van der Waals surface area contributed by atoms with Crippen molar-refractivity contribution in [2.75, 3.05) is 6.61 Å². The lowest BCUT2D eigenvalue weighted by atomic mass is 10.3. The molecule has 0 aliphatic carbocycles. The average Bonchev–Trinajstić information content (AvgIpc) is 3.09. The molecule has 132 valence electrons. The average molecular weight is 387 g/mol. The molecule has 0 saturated heterocycles. The van der Waals surface area contributed by atoms with Crippen molar-refractivity contribution in [3.63, 3.8) is 0 Å². The van der Waals surface area contributed by atoms with Crippen LogP contribution in [0.3, 0.4) is 0 Å². The third kappa shape index (κ3) is 5.40.